The minimum Gasteiger partial charge on any atom is -0.459 e. The van der Waals surface area contributed by atoms with Crippen LogP contribution in [0.3, 0.4) is 0 Å². The molecule has 0 spiro atoms. The molecule has 2 heterocycles. The molecular weight excluding hydrogens is 720 g/mol. The lowest BCUT2D eigenvalue weighted by Gasteiger charge is -2.40. The van der Waals surface area contributed by atoms with Crippen LogP contribution in [0.4, 0.5) is 15.3 Å². The molecule has 1 saturated heterocycles. The van der Waals surface area contributed by atoms with E-state index in [4.69, 9.17) is 9.47 Å². The van der Waals surface area contributed by atoms with Gasteiger partial charge in [-0.15, -0.1) is 0 Å². The van der Waals surface area contributed by atoms with Gasteiger partial charge in [-0.05, 0) is 80.7 Å². The third kappa shape index (κ3) is 11.5. The van der Waals surface area contributed by atoms with Crippen molar-refractivity contribution in [3.8, 4) is 0 Å². The first-order valence-corrected chi connectivity index (χ1v) is 19.3. The molecule has 15 nitrogen and oxygen atoms in total. The number of esters is 1. The number of likely N-dealkylation sites (tertiary alicyclic amines) is 1. The molecule has 15 heteroatoms. The molecule has 0 aliphatic carbocycles. The summed E-state index contributed by atoms with van der Waals surface area (Å²) >= 11 is 0. The lowest BCUT2D eigenvalue weighted by Crippen LogP contribution is -2.60. The van der Waals surface area contributed by atoms with Crippen LogP contribution in [-0.4, -0.2) is 81.6 Å². The lowest BCUT2D eigenvalue weighted by molar-refractivity contribution is -0.384. The zero-order valence-electron chi connectivity index (χ0n) is 33.5. The topological polar surface area (TPSA) is 191 Å². The van der Waals surface area contributed by atoms with E-state index >= 15 is 0 Å². The Labute approximate surface area is 328 Å². The minimum atomic E-state index is -1.25. The monoisotopic (exact) mass is 776 g/mol. The van der Waals surface area contributed by atoms with E-state index < -0.39 is 52.3 Å². The van der Waals surface area contributed by atoms with Gasteiger partial charge in [-0.1, -0.05) is 58.7 Å². The number of ether oxygens (including phenoxy) is 2. The Hall–Kier alpha value is -5.47. The number of piperidine rings is 1. The van der Waals surface area contributed by atoms with E-state index in [0.717, 1.165) is 25.7 Å². The molecule has 1 fully saturated rings. The number of methoxy groups -OCH3 is 1. The molecular formula is C41H56N6O9. The first-order valence-electron chi connectivity index (χ1n) is 19.3. The highest BCUT2D eigenvalue weighted by Crippen LogP contribution is 2.26. The normalized spacial score (nSPS) is 17.3. The zero-order valence-corrected chi connectivity index (χ0v) is 33.5. The highest BCUT2D eigenvalue weighted by molar-refractivity contribution is 5.95. The Balaban J connectivity index is 1.64. The summed E-state index contributed by atoms with van der Waals surface area (Å²) in [6.07, 6.45) is 5.37. The predicted molar refractivity (Wildman–Crippen MR) is 211 cm³/mol. The second kappa shape index (κ2) is 19.4. The van der Waals surface area contributed by atoms with Crippen molar-refractivity contribution in [3.63, 3.8) is 0 Å². The fourth-order valence-electron chi connectivity index (χ4n) is 7.13. The number of nitrogens with one attached hydrogen (secondary N) is 3. The highest BCUT2D eigenvalue weighted by Gasteiger charge is 2.36. The van der Waals surface area contributed by atoms with Crippen molar-refractivity contribution in [2.24, 2.45) is 5.41 Å². The first kappa shape index (κ1) is 43.3. The molecule has 1 aliphatic rings. The van der Waals surface area contributed by atoms with E-state index in [1.54, 1.807) is 35.4 Å². The van der Waals surface area contributed by atoms with Crippen LogP contribution in [0.5, 0.6) is 0 Å². The number of carbonyl (C=O) groups is 5. The molecule has 5 unspecified atom stereocenters. The summed E-state index contributed by atoms with van der Waals surface area (Å²) in [5.74, 6) is -1.95. The van der Waals surface area contributed by atoms with Gasteiger partial charge >= 0.3 is 18.1 Å². The third-order valence-corrected chi connectivity index (χ3v) is 10.1. The standard InChI is InChI=1S/C41H56N6O9/c1-8-9-16-32(38(50)56-25-28-18-20-30(21-19-28)47(53)54)42-36(48)33(22-29-24-45(40(52)55-7)35-17-11-10-15-31(29)35)43-37(49)34(23-41(4,5)6)44-39(51)46-26(2)13-12-14-27(46)3/h10-11,15,17-21,24,26-27,32-34H,8-9,12-14,16,22-23,25H2,1-7H3,(H,42,48)(H,43,49)(H,44,51). The van der Waals surface area contributed by atoms with Gasteiger partial charge in [0.05, 0.1) is 17.5 Å². The Kier molecular flexibility index (Phi) is 15.0. The molecule has 5 atom stereocenters. The van der Waals surface area contributed by atoms with Crippen LogP contribution in [0, 0.1) is 15.5 Å². The van der Waals surface area contributed by atoms with Crippen LogP contribution in [0.2, 0.25) is 0 Å². The quantitative estimate of drug-likeness (QED) is 0.0892. The Morgan fingerprint density at radius 2 is 1.54 bits per heavy atom. The number of amides is 4. The smallest absolute Gasteiger partial charge is 0.418 e. The van der Waals surface area contributed by atoms with Gasteiger partial charge in [-0.2, -0.15) is 0 Å². The number of hydrogen-bond donors (Lipinski definition) is 3. The number of nitro benzene ring substituents is 1. The number of rotatable bonds is 15. The molecule has 1 aromatic heterocycles. The van der Waals surface area contributed by atoms with Crippen molar-refractivity contribution < 1.29 is 38.4 Å². The number of carbonyl (C=O) groups excluding carboxylic acids is 5. The maximum absolute atomic E-state index is 14.3. The highest BCUT2D eigenvalue weighted by atomic mass is 16.6. The van der Waals surface area contributed by atoms with Gasteiger partial charge in [0.2, 0.25) is 11.8 Å². The summed E-state index contributed by atoms with van der Waals surface area (Å²) in [6, 6.07) is 8.98. The molecule has 56 heavy (non-hydrogen) atoms. The number of nitrogens with zero attached hydrogens (tertiary/aromatic N) is 3. The minimum absolute atomic E-state index is 0.0111. The number of hydrogen-bond acceptors (Lipinski definition) is 9. The number of benzene rings is 2. The molecule has 4 amide bonds. The van der Waals surface area contributed by atoms with Gasteiger partial charge in [-0.25, -0.2) is 14.4 Å². The third-order valence-electron chi connectivity index (χ3n) is 10.1. The van der Waals surface area contributed by atoms with Gasteiger partial charge in [0, 0.05) is 42.2 Å². The SMILES string of the molecule is CCCCC(NC(=O)C(Cc1cn(C(=O)OC)c2ccccc12)NC(=O)C(CC(C)(C)C)NC(=O)N1C(C)CCCC1C)C(=O)OCc1ccc([N+](=O)[O-])cc1. The average Bonchev–Trinajstić information content (AvgIpc) is 3.52. The molecule has 4 rings (SSSR count). The van der Waals surface area contributed by atoms with Crippen LogP contribution in [0.1, 0.15) is 97.6 Å². The number of nitro groups is 1. The Morgan fingerprint density at radius 3 is 2.14 bits per heavy atom. The second-order valence-corrected chi connectivity index (χ2v) is 15.8. The molecule has 304 valence electrons. The van der Waals surface area contributed by atoms with Crippen molar-refractivity contribution in [1.82, 2.24) is 25.4 Å². The molecule has 3 aromatic rings. The number of unbranched alkanes of at least 4 members (excludes halogenated alkanes) is 1. The maximum atomic E-state index is 14.3. The summed E-state index contributed by atoms with van der Waals surface area (Å²) in [5, 5.41) is 20.4. The fourth-order valence-corrected chi connectivity index (χ4v) is 7.13. The number of aromatic nitrogens is 1. The Bertz CT molecular complexity index is 1860. The van der Waals surface area contributed by atoms with E-state index in [1.165, 1.54) is 35.9 Å². The van der Waals surface area contributed by atoms with Crippen LogP contribution in [-0.2, 0) is 36.9 Å². The first-order chi connectivity index (χ1) is 26.5. The lowest BCUT2D eigenvalue weighted by atomic mass is 9.87. The molecule has 2 aromatic carbocycles. The zero-order chi connectivity index (χ0) is 41.2. The molecule has 3 N–H and O–H groups in total. The van der Waals surface area contributed by atoms with Crippen molar-refractivity contribution in [1.29, 1.82) is 0 Å². The number of non-ortho nitro benzene ring substituents is 1. The average molecular weight is 777 g/mol. The van der Waals surface area contributed by atoms with Crippen LogP contribution < -0.4 is 16.0 Å². The summed E-state index contributed by atoms with van der Waals surface area (Å²) in [4.78, 5) is 80.9. The molecule has 1 aliphatic heterocycles. The van der Waals surface area contributed by atoms with Crippen LogP contribution >= 0.6 is 0 Å². The summed E-state index contributed by atoms with van der Waals surface area (Å²) < 4.78 is 11.9. The summed E-state index contributed by atoms with van der Waals surface area (Å²) in [5.41, 5.74) is 1.13. The molecule has 0 saturated carbocycles. The Morgan fingerprint density at radius 1 is 0.911 bits per heavy atom. The van der Waals surface area contributed by atoms with Gasteiger partial charge in [-0.3, -0.25) is 24.3 Å². The van der Waals surface area contributed by atoms with Crippen LogP contribution in [0.15, 0.2) is 54.7 Å². The van der Waals surface area contributed by atoms with Gasteiger partial charge in [0.1, 0.15) is 24.7 Å². The van der Waals surface area contributed by atoms with Crippen LogP contribution in [0.25, 0.3) is 10.9 Å². The van der Waals surface area contributed by atoms with Gasteiger partial charge < -0.3 is 30.3 Å². The fraction of sp³-hybridized carbons (Fsp3) is 0.537. The molecule has 0 radical (unpaired) electrons. The maximum Gasteiger partial charge on any atom is 0.418 e. The summed E-state index contributed by atoms with van der Waals surface area (Å²) in [7, 11) is 1.26. The van der Waals surface area contributed by atoms with Crippen molar-refractivity contribution in [2.75, 3.05) is 7.11 Å². The largest absolute Gasteiger partial charge is 0.459 e. The van der Waals surface area contributed by atoms with Crippen molar-refractivity contribution >= 4 is 46.5 Å². The number of para-hydroxylation sites is 1. The van der Waals surface area contributed by atoms with Gasteiger partial charge in [0.25, 0.3) is 5.69 Å². The van der Waals surface area contributed by atoms with Gasteiger partial charge in [0.15, 0.2) is 0 Å². The van der Waals surface area contributed by atoms with Crippen molar-refractivity contribution in [2.45, 2.75) is 130 Å². The van der Waals surface area contributed by atoms with Crippen molar-refractivity contribution in [3.05, 3.63) is 76.0 Å². The number of fused-ring (bicyclic) bond motifs is 1. The molecule has 0 bridgehead atoms. The van der Waals surface area contributed by atoms with E-state index in [9.17, 15) is 34.1 Å². The second-order valence-electron chi connectivity index (χ2n) is 15.8. The van der Waals surface area contributed by atoms with E-state index in [-0.39, 0.29) is 49.7 Å². The van der Waals surface area contributed by atoms with E-state index in [1.807, 2.05) is 41.5 Å². The predicted octanol–water partition coefficient (Wildman–Crippen LogP) is 6.39. The van der Waals surface area contributed by atoms with E-state index in [0.29, 0.717) is 28.5 Å². The van der Waals surface area contributed by atoms with E-state index in [2.05, 4.69) is 16.0 Å². The summed E-state index contributed by atoms with van der Waals surface area (Å²) in [6.45, 7) is 11.6. The number of urea groups is 1.